The maximum Gasteiger partial charge on any atom is 0.260 e. The molecule has 1 atom stereocenters. The topological polar surface area (TPSA) is 67.9 Å². The van der Waals surface area contributed by atoms with Crippen LogP contribution in [0.4, 0.5) is 5.69 Å². The SMILES string of the molecule is CO[C@@](C)(C(=O)Nc1ccc(OCC(=O)N2CCCCC2)cc1)C1CC1. The summed E-state index contributed by atoms with van der Waals surface area (Å²) < 4.78 is 11.1. The molecule has 0 radical (unpaired) electrons. The number of anilines is 1. The fraction of sp³-hybridized carbons (Fsp3) is 0.600. The summed E-state index contributed by atoms with van der Waals surface area (Å²) in [6.07, 6.45) is 5.38. The minimum absolute atomic E-state index is 0.0300. The molecule has 1 heterocycles. The normalized spacial score (nSPS) is 19.5. The first kappa shape index (κ1) is 18.7. The maximum atomic E-state index is 12.5. The zero-order valence-corrected chi connectivity index (χ0v) is 15.6. The average molecular weight is 360 g/mol. The number of ether oxygens (including phenoxy) is 2. The van der Waals surface area contributed by atoms with Gasteiger partial charge in [0.1, 0.15) is 11.4 Å². The molecule has 1 aliphatic carbocycles. The van der Waals surface area contributed by atoms with Crippen LogP contribution >= 0.6 is 0 Å². The van der Waals surface area contributed by atoms with Crippen LogP contribution in [0.5, 0.6) is 5.75 Å². The predicted octanol–water partition coefficient (Wildman–Crippen LogP) is 2.83. The lowest BCUT2D eigenvalue weighted by molar-refractivity contribution is -0.138. The van der Waals surface area contributed by atoms with Crippen LogP contribution in [0.25, 0.3) is 0 Å². The molecule has 142 valence electrons. The standard InChI is InChI=1S/C20H28N2O4/c1-20(25-2,15-6-7-15)19(24)21-16-8-10-17(11-9-16)26-14-18(23)22-12-4-3-5-13-22/h8-11,15H,3-7,12-14H2,1-2H3,(H,21,24)/t20-/m1/s1. The van der Waals surface area contributed by atoms with Gasteiger partial charge in [-0.1, -0.05) is 0 Å². The van der Waals surface area contributed by atoms with E-state index in [1.807, 2.05) is 11.8 Å². The van der Waals surface area contributed by atoms with Gasteiger partial charge in [0.15, 0.2) is 6.61 Å². The number of hydrogen-bond donors (Lipinski definition) is 1. The molecule has 2 fully saturated rings. The quantitative estimate of drug-likeness (QED) is 0.812. The van der Waals surface area contributed by atoms with E-state index in [9.17, 15) is 9.59 Å². The summed E-state index contributed by atoms with van der Waals surface area (Å²) in [6.45, 7) is 3.54. The average Bonchev–Trinajstić information content (AvgIpc) is 3.53. The first-order chi connectivity index (χ1) is 12.5. The molecule has 2 amide bonds. The Morgan fingerprint density at radius 1 is 1.15 bits per heavy atom. The van der Waals surface area contributed by atoms with Crippen LogP contribution in [-0.2, 0) is 14.3 Å². The Bertz CT molecular complexity index is 636. The number of nitrogens with zero attached hydrogens (tertiary/aromatic N) is 1. The van der Waals surface area contributed by atoms with Crippen molar-refractivity contribution >= 4 is 17.5 Å². The molecule has 0 bridgehead atoms. The lowest BCUT2D eigenvalue weighted by atomic mass is 9.99. The Hall–Kier alpha value is -2.08. The van der Waals surface area contributed by atoms with E-state index in [1.165, 1.54) is 6.42 Å². The zero-order chi connectivity index (χ0) is 18.6. The molecule has 0 spiro atoms. The minimum Gasteiger partial charge on any atom is -0.484 e. The molecule has 2 aliphatic rings. The second kappa shape index (κ2) is 8.08. The third-order valence-corrected chi connectivity index (χ3v) is 5.41. The Labute approximate surface area is 154 Å². The molecule has 3 rings (SSSR count). The van der Waals surface area contributed by atoms with Crippen LogP contribution in [-0.4, -0.2) is 49.1 Å². The summed E-state index contributed by atoms with van der Waals surface area (Å²) in [5.41, 5.74) is -0.0932. The highest BCUT2D eigenvalue weighted by molar-refractivity contribution is 5.97. The summed E-state index contributed by atoms with van der Waals surface area (Å²) in [5, 5.41) is 2.90. The largest absolute Gasteiger partial charge is 0.484 e. The van der Waals surface area contributed by atoms with Crippen molar-refractivity contribution in [2.45, 2.75) is 44.6 Å². The third kappa shape index (κ3) is 4.36. The molecule has 1 N–H and O–H groups in total. The Morgan fingerprint density at radius 3 is 2.38 bits per heavy atom. The third-order valence-electron chi connectivity index (χ3n) is 5.41. The van der Waals surface area contributed by atoms with Gasteiger partial charge in [-0.05, 0) is 69.2 Å². The number of nitrogens with one attached hydrogen (secondary N) is 1. The summed E-state index contributed by atoms with van der Waals surface area (Å²) in [6, 6.07) is 7.09. The van der Waals surface area contributed by atoms with E-state index in [-0.39, 0.29) is 24.3 Å². The Kier molecular flexibility index (Phi) is 5.81. The summed E-state index contributed by atoms with van der Waals surface area (Å²) in [4.78, 5) is 26.5. The number of piperidine rings is 1. The maximum absolute atomic E-state index is 12.5. The Balaban J connectivity index is 1.50. The first-order valence-corrected chi connectivity index (χ1v) is 9.40. The van der Waals surface area contributed by atoms with Crippen molar-refractivity contribution in [3.63, 3.8) is 0 Å². The van der Waals surface area contributed by atoms with Gasteiger partial charge in [0.2, 0.25) is 0 Å². The highest BCUT2D eigenvalue weighted by atomic mass is 16.5. The number of carbonyl (C=O) groups excluding carboxylic acids is 2. The molecule has 26 heavy (non-hydrogen) atoms. The van der Waals surface area contributed by atoms with Crippen molar-refractivity contribution in [1.29, 1.82) is 0 Å². The minimum atomic E-state index is -0.782. The van der Waals surface area contributed by atoms with Crippen molar-refractivity contribution in [2.75, 3.05) is 32.1 Å². The van der Waals surface area contributed by atoms with Crippen molar-refractivity contribution in [3.8, 4) is 5.75 Å². The van der Waals surface area contributed by atoms with Gasteiger partial charge < -0.3 is 19.7 Å². The van der Waals surface area contributed by atoms with Gasteiger partial charge in [-0.3, -0.25) is 9.59 Å². The molecule has 1 aromatic carbocycles. The van der Waals surface area contributed by atoms with Gasteiger partial charge in [0.05, 0.1) is 0 Å². The van der Waals surface area contributed by atoms with Crippen LogP contribution < -0.4 is 10.1 Å². The second-order valence-electron chi connectivity index (χ2n) is 7.29. The number of likely N-dealkylation sites (tertiary alicyclic amines) is 1. The van der Waals surface area contributed by atoms with E-state index in [0.29, 0.717) is 11.4 Å². The molecular formula is C20H28N2O4. The molecule has 1 aromatic rings. The molecular weight excluding hydrogens is 332 g/mol. The van der Waals surface area contributed by atoms with E-state index in [0.717, 1.165) is 38.8 Å². The van der Waals surface area contributed by atoms with E-state index in [4.69, 9.17) is 9.47 Å². The van der Waals surface area contributed by atoms with Crippen LogP contribution in [0.15, 0.2) is 24.3 Å². The molecule has 1 aliphatic heterocycles. The summed E-state index contributed by atoms with van der Waals surface area (Å²) in [7, 11) is 1.58. The van der Waals surface area contributed by atoms with Gasteiger partial charge in [-0.2, -0.15) is 0 Å². The van der Waals surface area contributed by atoms with Gasteiger partial charge in [0, 0.05) is 25.9 Å². The van der Waals surface area contributed by atoms with Crippen molar-refractivity contribution in [3.05, 3.63) is 24.3 Å². The second-order valence-corrected chi connectivity index (χ2v) is 7.29. The van der Waals surface area contributed by atoms with Crippen LogP contribution in [0.1, 0.15) is 39.0 Å². The van der Waals surface area contributed by atoms with Crippen molar-refractivity contribution < 1.29 is 19.1 Å². The fourth-order valence-corrected chi connectivity index (χ4v) is 3.35. The molecule has 0 unspecified atom stereocenters. The number of carbonyl (C=O) groups is 2. The van der Waals surface area contributed by atoms with Gasteiger partial charge in [0.25, 0.3) is 11.8 Å². The van der Waals surface area contributed by atoms with Crippen LogP contribution in [0.2, 0.25) is 0 Å². The van der Waals surface area contributed by atoms with Crippen molar-refractivity contribution in [1.82, 2.24) is 4.90 Å². The highest BCUT2D eigenvalue weighted by Gasteiger charge is 2.47. The first-order valence-electron chi connectivity index (χ1n) is 9.40. The van der Waals surface area contributed by atoms with Crippen LogP contribution in [0, 0.1) is 5.92 Å². The molecule has 6 nitrogen and oxygen atoms in total. The lowest BCUT2D eigenvalue weighted by Crippen LogP contribution is -2.44. The fourth-order valence-electron chi connectivity index (χ4n) is 3.35. The van der Waals surface area contributed by atoms with Gasteiger partial charge in [-0.15, -0.1) is 0 Å². The number of rotatable bonds is 7. The van der Waals surface area contributed by atoms with E-state index in [2.05, 4.69) is 5.32 Å². The number of methoxy groups -OCH3 is 1. The summed E-state index contributed by atoms with van der Waals surface area (Å²) in [5.74, 6) is 0.805. The van der Waals surface area contributed by atoms with Crippen LogP contribution in [0.3, 0.4) is 0 Å². The molecule has 1 saturated heterocycles. The summed E-state index contributed by atoms with van der Waals surface area (Å²) >= 11 is 0. The van der Waals surface area contributed by atoms with E-state index >= 15 is 0 Å². The predicted molar refractivity (Wildman–Crippen MR) is 99.1 cm³/mol. The molecule has 6 heteroatoms. The number of amides is 2. The number of hydrogen-bond acceptors (Lipinski definition) is 4. The lowest BCUT2D eigenvalue weighted by Gasteiger charge is -2.27. The van der Waals surface area contributed by atoms with E-state index in [1.54, 1.807) is 31.4 Å². The van der Waals surface area contributed by atoms with Crippen molar-refractivity contribution in [2.24, 2.45) is 5.92 Å². The monoisotopic (exact) mass is 360 g/mol. The number of benzene rings is 1. The Morgan fingerprint density at radius 2 is 1.81 bits per heavy atom. The highest BCUT2D eigenvalue weighted by Crippen LogP contribution is 2.42. The molecule has 1 saturated carbocycles. The zero-order valence-electron chi connectivity index (χ0n) is 15.6. The van der Waals surface area contributed by atoms with E-state index < -0.39 is 5.60 Å². The molecule has 0 aromatic heterocycles. The van der Waals surface area contributed by atoms with Gasteiger partial charge in [-0.25, -0.2) is 0 Å². The smallest absolute Gasteiger partial charge is 0.260 e. The van der Waals surface area contributed by atoms with Gasteiger partial charge >= 0.3 is 0 Å².